The first kappa shape index (κ1) is 12.6. The number of aromatic nitrogens is 2. The van der Waals surface area contributed by atoms with E-state index in [9.17, 15) is 4.79 Å². The van der Waals surface area contributed by atoms with Crippen molar-refractivity contribution in [2.45, 2.75) is 20.0 Å². The van der Waals surface area contributed by atoms with Crippen LogP contribution in [0.5, 0.6) is 5.75 Å². The van der Waals surface area contributed by atoms with E-state index in [-0.39, 0.29) is 5.91 Å². The summed E-state index contributed by atoms with van der Waals surface area (Å²) < 4.78 is 5.37. The van der Waals surface area contributed by atoms with Gasteiger partial charge in [0.2, 0.25) is 0 Å². The third-order valence-electron chi connectivity index (χ3n) is 3.28. The summed E-state index contributed by atoms with van der Waals surface area (Å²) in [7, 11) is 0. The molecule has 0 aliphatic carbocycles. The Morgan fingerprint density at radius 2 is 2.10 bits per heavy atom. The van der Waals surface area contributed by atoms with Gasteiger partial charge in [-0.1, -0.05) is 0 Å². The molecule has 1 amide bonds. The second kappa shape index (κ2) is 5.28. The van der Waals surface area contributed by atoms with Crippen LogP contribution in [0.2, 0.25) is 0 Å². The first-order chi connectivity index (χ1) is 9.78. The van der Waals surface area contributed by atoms with Gasteiger partial charge in [0, 0.05) is 23.9 Å². The van der Waals surface area contributed by atoms with Gasteiger partial charge in [-0.3, -0.25) is 4.79 Å². The number of fused-ring (bicyclic) bond motifs is 1. The van der Waals surface area contributed by atoms with Crippen molar-refractivity contribution in [1.29, 1.82) is 0 Å². The largest absolute Gasteiger partial charge is 0.494 e. The Morgan fingerprint density at radius 3 is 2.80 bits per heavy atom. The van der Waals surface area contributed by atoms with E-state index in [0.717, 1.165) is 17.0 Å². The SMILES string of the molecule is CCOc1ccc(C(=O)N2Cc3cncnc3C2)cc1. The van der Waals surface area contributed by atoms with E-state index < -0.39 is 0 Å². The molecular weight excluding hydrogens is 254 g/mol. The molecule has 3 rings (SSSR count). The van der Waals surface area contributed by atoms with Crippen LogP contribution >= 0.6 is 0 Å². The summed E-state index contributed by atoms with van der Waals surface area (Å²) in [6, 6.07) is 7.23. The number of benzene rings is 1. The molecule has 5 heteroatoms. The molecule has 0 saturated heterocycles. The van der Waals surface area contributed by atoms with Crippen molar-refractivity contribution in [3.05, 3.63) is 53.6 Å². The predicted octanol–water partition coefficient (Wildman–Crippen LogP) is 2.03. The summed E-state index contributed by atoms with van der Waals surface area (Å²) >= 11 is 0. The molecule has 1 aromatic carbocycles. The molecule has 0 radical (unpaired) electrons. The van der Waals surface area contributed by atoms with Gasteiger partial charge in [-0.25, -0.2) is 9.97 Å². The van der Waals surface area contributed by atoms with Crippen LogP contribution in [0.3, 0.4) is 0 Å². The number of rotatable bonds is 3. The molecule has 0 atom stereocenters. The molecule has 2 aromatic rings. The molecule has 0 fully saturated rings. The van der Waals surface area contributed by atoms with Gasteiger partial charge in [0.25, 0.3) is 5.91 Å². The molecule has 1 aliphatic rings. The van der Waals surface area contributed by atoms with Crippen LogP contribution in [-0.2, 0) is 13.1 Å². The van der Waals surface area contributed by atoms with E-state index in [4.69, 9.17) is 4.74 Å². The van der Waals surface area contributed by atoms with Gasteiger partial charge in [0.15, 0.2) is 0 Å². The fraction of sp³-hybridized carbons (Fsp3) is 0.267. The molecule has 0 N–H and O–H groups in total. The van der Waals surface area contributed by atoms with Gasteiger partial charge in [-0.05, 0) is 31.2 Å². The molecule has 20 heavy (non-hydrogen) atoms. The zero-order valence-corrected chi connectivity index (χ0v) is 11.2. The van der Waals surface area contributed by atoms with Crippen molar-refractivity contribution in [2.75, 3.05) is 6.61 Å². The average Bonchev–Trinajstić information content (AvgIpc) is 2.91. The van der Waals surface area contributed by atoms with Crippen LogP contribution in [-0.4, -0.2) is 27.4 Å². The van der Waals surface area contributed by atoms with Gasteiger partial charge in [0.05, 0.1) is 18.8 Å². The Kier molecular flexibility index (Phi) is 3.33. The van der Waals surface area contributed by atoms with E-state index in [2.05, 4.69) is 9.97 Å². The number of nitrogens with zero attached hydrogens (tertiary/aromatic N) is 3. The summed E-state index contributed by atoms with van der Waals surface area (Å²) in [6.45, 7) is 3.67. The zero-order valence-electron chi connectivity index (χ0n) is 11.2. The van der Waals surface area contributed by atoms with E-state index in [0.29, 0.717) is 25.3 Å². The van der Waals surface area contributed by atoms with Crippen molar-refractivity contribution in [3.63, 3.8) is 0 Å². The topological polar surface area (TPSA) is 55.3 Å². The number of carbonyl (C=O) groups excluding carboxylic acids is 1. The number of carbonyl (C=O) groups is 1. The van der Waals surface area contributed by atoms with E-state index in [1.165, 1.54) is 6.33 Å². The monoisotopic (exact) mass is 269 g/mol. The molecule has 5 nitrogen and oxygen atoms in total. The Hall–Kier alpha value is -2.43. The van der Waals surface area contributed by atoms with Crippen molar-refractivity contribution in [3.8, 4) is 5.75 Å². The summed E-state index contributed by atoms with van der Waals surface area (Å²) in [5.74, 6) is 0.783. The lowest BCUT2D eigenvalue weighted by Gasteiger charge is -2.15. The maximum absolute atomic E-state index is 12.4. The molecule has 1 aliphatic heterocycles. The summed E-state index contributed by atoms with van der Waals surface area (Å²) in [6.07, 6.45) is 3.29. The highest BCUT2D eigenvalue weighted by molar-refractivity contribution is 5.94. The first-order valence-electron chi connectivity index (χ1n) is 6.58. The minimum Gasteiger partial charge on any atom is -0.494 e. The highest BCUT2D eigenvalue weighted by Crippen LogP contribution is 2.22. The molecular formula is C15H15N3O2. The Balaban J connectivity index is 1.74. The van der Waals surface area contributed by atoms with Gasteiger partial charge in [0.1, 0.15) is 12.1 Å². The fourth-order valence-electron chi connectivity index (χ4n) is 2.29. The normalized spacial score (nSPS) is 13.2. The lowest BCUT2D eigenvalue weighted by atomic mass is 10.2. The Labute approximate surface area is 117 Å². The third-order valence-corrected chi connectivity index (χ3v) is 3.28. The number of hydrogen-bond acceptors (Lipinski definition) is 4. The lowest BCUT2D eigenvalue weighted by molar-refractivity contribution is 0.0750. The highest BCUT2D eigenvalue weighted by atomic mass is 16.5. The second-order valence-electron chi connectivity index (χ2n) is 4.61. The van der Waals surface area contributed by atoms with E-state index in [1.54, 1.807) is 23.2 Å². The maximum Gasteiger partial charge on any atom is 0.254 e. The zero-order chi connectivity index (χ0) is 13.9. The van der Waals surface area contributed by atoms with Crippen molar-refractivity contribution < 1.29 is 9.53 Å². The summed E-state index contributed by atoms with van der Waals surface area (Å²) in [4.78, 5) is 22.4. The van der Waals surface area contributed by atoms with Crippen LogP contribution in [0, 0.1) is 0 Å². The molecule has 0 saturated carbocycles. The molecule has 0 unspecified atom stereocenters. The van der Waals surface area contributed by atoms with Gasteiger partial charge in [-0.15, -0.1) is 0 Å². The van der Waals surface area contributed by atoms with Gasteiger partial charge in [-0.2, -0.15) is 0 Å². The Morgan fingerprint density at radius 1 is 1.30 bits per heavy atom. The molecule has 2 heterocycles. The third kappa shape index (κ3) is 2.34. The van der Waals surface area contributed by atoms with Crippen LogP contribution in [0.25, 0.3) is 0 Å². The number of ether oxygens (including phenoxy) is 1. The minimum atomic E-state index is 0.00560. The van der Waals surface area contributed by atoms with Gasteiger partial charge < -0.3 is 9.64 Å². The van der Waals surface area contributed by atoms with Crippen LogP contribution in [0.4, 0.5) is 0 Å². The highest BCUT2D eigenvalue weighted by Gasteiger charge is 2.25. The number of amides is 1. The van der Waals surface area contributed by atoms with Crippen molar-refractivity contribution >= 4 is 5.91 Å². The van der Waals surface area contributed by atoms with E-state index >= 15 is 0 Å². The predicted molar refractivity (Wildman–Crippen MR) is 73.2 cm³/mol. The van der Waals surface area contributed by atoms with Crippen molar-refractivity contribution in [1.82, 2.24) is 14.9 Å². The average molecular weight is 269 g/mol. The summed E-state index contributed by atoms with van der Waals surface area (Å²) in [5, 5.41) is 0. The second-order valence-corrected chi connectivity index (χ2v) is 4.61. The van der Waals surface area contributed by atoms with Crippen LogP contribution in [0.15, 0.2) is 36.8 Å². The minimum absolute atomic E-state index is 0.00560. The van der Waals surface area contributed by atoms with Crippen molar-refractivity contribution in [2.24, 2.45) is 0 Å². The summed E-state index contributed by atoms with van der Waals surface area (Å²) in [5.41, 5.74) is 2.61. The molecule has 1 aromatic heterocycles. The molecule has 102 valence electrons. The standard InChI is InChI=1S/C15H15N3O2/c1-2-20-13-5-3-11(4-6-13)15(19)18-8-12-7-16-10-17-14(12)9-18/h3-7,10H,2,8-9H2,1H3. The fourth-order valence-corrected chi connectivity index (χ4v) is 2.29. The molecule has 0 spiro atoms. The smallest absolute Gasteiger partial charge is 0.254 e. The lowest BCUT2D eigenvalue weighted by Crippen LogP contribution is -2.25. The Bertz CT molecular complexity index is 600. The van der Waals surface area contributed by atoms with Crippen LogP contribution < -0.4 is 4.74 Å². The van der Waals surface area contributed by atoms with E-state index in [1.807, 2.05) is 19.1 Å². The maximum atomic E-state index is 12.4. The molecule has 0 bridgehead atoms. The van der Waals surface area contributed by atoms with Crippen LogP contribution in [0.1, 0.15) is 28.5 Å². The number of hydrogen-bond donors (Lipinski definition) is 0. The first-order valence-corrected chi connectivity index (χ1v) is 6.58. The quantitative estimate of drug-likeness (QED) is 0.855. The van der Waals surface area contributed by atoms with Gasteiger partial charge >= 0.3 is 0 Å².